The van der Waals surface area contributed by atoms with E-state index in [1.165, 1.54) is 0 Å². The molecule has 5 nitrogen and oxygen atoms in total. The summed E-state index contributed by atoms with van der Waals surface area (Å²) in [6.45, 7) is 12.9. The number of nitrogens with zero attached hydrogens (tertiary/aromatic N) is 2. The van der Waals surface area contributed by atoms with Crippen LogP contribution < -0.4 is 0 Å². The largest absolute Gasteiger partial charge is 0.465 e. The van der Waals surface area contributed by atoms with Gasteiger partial charge in [-0.15, -0.1) is 0 Å². The fourth-order valence-corrected chi connectivity index (χ4v) is 5.61. The van der Waals surface area contributed by atoms with Gasteiger partial charge in [-0.2, -0.15) is 4.31 Å². The van der Waals surface area contributed by atoms with Gasteiger partial charge in [-0.1, -0.05) is 6.07 Å². The van der Waals surface area contributed by atoms with Gasteiger partial charge in [0.2, 0.25) is 10.0 Å². The van der Waals surface area contributed by atoms with Crippen LogP contribution in [-0.4, -0.2) is 43.8 Å². The molecule has 6 heteroatoms. The summed E-state index contributed by atoms with van der Waals surface area (Å²) in [5.41, 5.74) is 3.78. The number of hydrogen-bond donors (Lipinski definition) is 0. The van der Waals surface area contributed by atoms with Crippen LogP contribution in [0.5, 0.6) is 0 Å². The Kier molecular flexibility index (Phi) is 5.28. The first-order chi connectivity index (χ1) is 12.2. The highest BCUT2D eigenvalue weighted by molar-refractivity contribution is 7.89. The highest BCUT2D eigenvalue weighted by Crippen LogP contribution is 2.29. The van der Waals surface area contributed by atoms with E-state index in [-0.39, 0.29) is 0 Å². The highest BCUT2D eigenvalue weighted by atomic mass is 32.2. The molecule has 0 unspecified atom stereocenters. The number of rotatable bonds is 4. The standard InChI is InChI=1S/C20H28N2O3S/c1-14-12-15(2)18(5)20(17(14)4)26(23,24)22-10-8-21(9-11-22)13-19-7-6-16(3)25-19/h6-7,12H,8-11,13H2,1-5H3. The van der Waals surface area contributed by atoms with E-state index in [1.807, 2.05) is 46.8 Å². The zero-order valence-electron chi connectivity index (χ0n) is 16.3. The van der Waals surface area contributed by atoms with E-state index < -0.39 is 10.0 Å². The molecule has 0 aliphatic carbocycles. The van der Waals surface area contributed by atoms with Crippen LogP contribution in [0.1, 0.15) is 33.8 Å². The number of benzene rings is 1. The third-order valence-electron chi connectivity index (χ3n) is 5.40. The molecule has 1 aliphatic heterocycles. The molecule has 0 spiro atoms. The van der Waals surface area contributed by atoms with Crippen LogP contribution in [-0.2, 0) is 16.6 Å². The van der Waals surface area contributed by atoms with Crippen LogP contribution in [0.3, 0.4) is 0 Å². The molecule has 1 aliphatic rings. The predicted octanol–water partition coefficient (Wildman–Crippen LogP) is 3.33. The second kappa shape index (κ2) is 7.18. The minimum Gasteiger partial charge on any atom is -0.465 e. The number of piperazine rings is 1. The first kappa shape index (κ1) is 19.1. The van der Waals surface area contributed by atoms with Crippen molar-refractivity contribution in [2.24, 2.45) is 0 Å². The van der Waals surface area contributed by atoms with Gasteiger partial charge in [0.05, 0.1) is 11.4 Å². The molecule has 0 saturated carbocycles. The van der Waals surface area contributed by atoms with Gasteiger partial charge in [-0.25, -0.2) is 8.42 Å². The average molecular weight is 377 g/mol. The van der Waals surface area contributed by atoms with Crippen molar-refractivity contribution < 1.29 is 12.8 Å². The van der Waals surface area contributed by atoms with Crippen LogP contribution >= 0.6 is 0 Å². The molecule has 1 saturated heterocycles. The normalized spacial score (nSPS) is 17.0. The van der Waals surface area contributed by atoms with Gasteiger partial charge in [-0.05, 0) is 69.0 Å². The van der Waals surface area contributed by atoms with Crippen molar-refractivity contribution in [2.45, 2.75) is 46.1 Å². The molecule has 1 aromatic carbocycles. The summed E-state index contributed by atoms with van der Waals surface area (Å²) in [7, 11) is -3.48. The summed E-state index contributed by atoms with van der Waals surface area (Å²) in [6.07, 6.45) is 0. The molecule has 0 bridgehead atoms. The molecule has 0 amide bonds. The Morgan fingerprint density at radius 2 is 1.50 bits per heavy atom. The minimum absolute atomic E-state index is 0.491. The number of sulfonamides is 1. The lowest BCUT2D eigenvalue weighted by atomic mass is 10.0. The van der Waals surface area contributed by atoms with Gasteiger partial charge in [-0.3, -0.25) is 4.90 Å². The van der Waals surface area contributed by atoms with E-state index in [4.69, 9.17) is 4.42 Å². The third kappa shape index (κ3) is 3.59. The van der Waals surface area contributed by atoms with Gasteiger partial charge in [0, 0.05) is 26.2 Å². The van der Waals surface area contributed by atoms with Gasteiger partial charge < -0.3 is 4.42 Å². The molecule has 0 atom stereocenters. The molecule has 26 heavy (non-hydrogen) atoms. The van der Waals surface area contributed by atoms with Gasteiger partial charge in [0.15, 0.2) is 0 Å². The van der Waals surface area contributed by atoms with Crippen LogP contribution in [0.4, 0.5) is 0 Å². The quantitative estimate of drug-likeness (QED) is 0.821. The summed E-state index contributed by atoms with van der Waals surface area (Å²) >= 11 is 0. The van der Waals surface area contributed by atoms with Crippen molar-refractivity contribution in [1.29, 1.82) is 0 Å². The van der Waals surface area contributed by atoms with Crippen molar-refractivity contribution in [2.75, 3.05) is 26.2 Å². The minimum atomic E-state index is -3.48. The Morgan fingerprint density at radius 1 is 0.923 bits per heavy atom. The third-order valence-corrected chi connectivity index (χ3v) is 7.58. The Morgan fingerprint density at radius 3 is 2.00 bits per heavy atom. The van der Waals surface area contributed by atoms with E-state index in [1.54, 1.807) is 4.31 Å². The van der Waals surface area contributed by atoms with Crippen molar-refractivity contribution in [3.63, 3.8) is 0 Å². The van der Waals surface area contributed by atoms with E-state index in [9.17, 15) is 8.42 Å². The lowest BCUT2D eigenvalue weighted by Gasteiger charge is -2.34. The zero-order valence-corrected chi connectivity index (χ0v) is 17.1. The second-order valence-electron chi connectivity index (χ2n) is 7.28. The van der Waals surface area contributed by atoms with E-state index in [0.717, 1.165) is 40.3 Å². The monoisotopic (exact) mass is 376 g/mol. The Labute approximate surface area is 156 Å². The van der Waals surface area contributed by atoms with Crippen molar-refractivity contribution in [3.05, 3.63) is 52.0 Å². The molecule has 0 radical (unpaired) electrons. The lowest BCUT2D eigenvalue weighted by Crippen LogP contribution is -2.48. The SMILES string of the molecule is Cc1ccc(CN2CCN(S(=O)(=O)c3c(C)c(C)cc(C)c3C)CC2)o1. The van der Waals surface area contributed by atoms with Gasteiger partial charge >= 0.3 is 0 Å². The number of hydrogen-bond acceptors (Lipinski definition) is 4. The van der Waals surface area contributed by atoms with Crippen LogP contribution in [0.15, 0.2) is 27.5 Å². The van der Waals surface area contributed by atoms with Gasteiger partial charge in [0.25, 0.3) is 0 Å². The van der Waals surface area contributed by atoms with Crippen LogP contribution in [0.2, 0.25) is 0 Å². The van der Waals surface area contributed by atoms with E-state index in [0.29, 0.717) is 31.1 Å². The molecule has 2 heterocycles. The molecule has 142 valence electrons. The molecular weight excluding hydrogens is 348 g/mol. The van der Waals surface area contributed by atoms with Crippen LogP contribution in [0.25, 0.3) is 0 Å². The van der Waals surface area contributed by atoms with E-state index in [2.05, 4.69) is 11.0 Å². The fourth-order valence-electron chi connectivity index (χ4n) is 3.62. The maximum atomic E-state index is 13.3. The smallest absolute Gasteiger partial charge is 0.243 e. The predicted molar refractivity (Wildman–Crippen MR) is 103 cm³/mol. The first-order valence-corrected chi connectivity index (χ1v) is 10.5. The van der Waals surface area contributed by atoms with Crippen molar-refractivity contribution >= 4 is 10.0 Å². The Balaban J connectivity index is 1.77. The molecule has 2 aromatic rings. The summed E-state index contributed by atoms with van der Waals surface area (Å²) in [4.78, 5) is 2.73. The summed E-state index contributed by atoms with van der Waals surface area (Å²) in [5, 5.41) is 0. The van der Waals surface area contributed by atoms with Crippen LogP contribution in [0, 0.1) is 34.6 Å². The summed E-state index contributed by atoms with van der Waals surface area (Å²) in [5.74, 6) is 1.83. The molecular formula is C20H28N2O3S. The van der Waals surface area contributed by atoms with E-state index >= 15 is 0 Å². The fraction of sp³-hybridized carbons (Fsp3) is 0.500. The maximum Gasteiger partial charge on any atom is 0.243 e. The van der Waals surface area contributed by atoms with Crippen molar-refractivity contribution in [3.8, 4) is 0 Å². The molecule has 1 aromatic heterocycles. The number of furan rings is 1. The maximum absolute atomic E-state index is 13.3. The van der Waals surface area contributed by atoms with Gasteiger partial charge in [0.1, 0.15) is 11.5 Å². The molecule has 3 rings (SSSR count). The Bertz CT molecular complexity index is 881. The molecule has 1 fully saturated rings. The van der Waals surface area contributed by atoms with Crippen molar-refractivity contribution in [1.82, 2.24) is 9.21 Å². The average Bonchev–Trinajstić information content (AvgIpc) is 2.98. The highest BCUT2D eigenvalue weighted by Gasteiger charge is 2.31. The summed E-state index contributed by atoms with van der Waals surface area (Å²) in [6, 6.07) is 6.01. The molecule has 0 N–H and O–H groups in total. The number of aryl methyl sites for hydroxylation is 3. The topological polar surface area (TPSA) is 53.8 Å². The Hall–Kier alpha value is -1.63. The lowest BCUT2D eigenvalue weighted by molar-refractivity contribution is 0.170. The summed E-state index contributed by atoms with van der Waals surface area (Å²) < 4.78 is 33.8. The first-order valence-electron chi connectivity index (χ1n) is 9.05. The second-order valence-corrected chi connectivity index (χ2v) is 9.16. The zero-order chi connectivity index (χ0) is 19.1.